The largest absolute Gasteiger partial charge is 0.500 e. The molecule has 0 spiro atoms. The van der Waals surface area contributed by atoms with E-state index in [1.54, 1.807) is 0 Å². The first-order valence-corrected chi connectivity index (χ1v) is 5.92. The fraction of sp³-hybridized carbons (Fsp3) is 1.00. The van der Waals surface area contributed by atoms with Gasteiger partial charge in [0.15, 0.2) is 0 Å². The third-order valence-corrected chi connectivity index (χ3v) is 2.38. The standard InChI is InChI=1S/C7H17N.FH2O4P/c1-4-7(8,5-2)6-3;1-5-6(2,3)4/h4-6,8H2,1-3H3;(H2,2,3,4). The van der Waals surface area contributed by atoms with Crippen LogP contribution in [0.25, 0.3) is 0 Å². The molecule has 7 heteroatoms. The molecule has 0 aromatic carbocycles. The molecule has 0 aliphatic carbocycles. The van der Waals surface area contributed by atoms with Gasteiger partial charge in [-0.1, -0.05) is 25.5 Å². The van der Waals surface area contributed by atoms with Crippen molar-refractivity contribution in [2.75, 3.05) is 0 Å². The quantitative estimate of drug-likeness (QED) is 0.642. The van der Waals surface area contributed by atoms with Gasteiger partial charge in [-0.25, -0.2) is 4.57 Å². The Bertz CT molecular complexity index is 172. The van der Waals surface area contributed by atoms with Crippen molar-refractivity contribution in [2.24, 2.45) is 5.73 Å². The van der Waals surface area contributed by atoms with Crippen molar-refractivity contribution in [1.82, 2.24) is 0 Å². The molecule has 14 heavy (non-hydrogen) atoms. The van der Waals surface area contributed by atoms with Gasteiger partial charge in [-0.15, -0.1) is 0 Å². The third-order valence-electron chi connectivity index (χ3n) is 2.20. The van der Waals surface area contributed by atoms with Crippen LogP contribution in [0, 0.1) is 0 Å². The van der Waals surface area contributed by atoms with Gasteiger partial charge in [0.1, 0.15) is 0 Å². The van der Waals surface area contributed by atoms with Crippen LogP contribution in [0.1, 0.15) is 40.0 Å². The fourth-order valence-corrected chi connectivity index (χ4v) is 0.750. The molecule has 0 rings (SSSR count). The number of hydrogen-bond donors (Lipinski definition) is 3. The van der Waals surface area contributed by atoms with E-state index in [1.165, 1.54) is 0 Å². The highest BCUT2D eigenvalue weighted by Crippen LogP contribution is 2.35. The smallest absolute Gasteiger partial charge is 0.325 e. The Kier molecular flexibility index (Phi) is 8.58. The lowest BCUT2D eigenvalue weighted by Crippen LogP contribution is -2.37. The van der Waals surface area contributed by atoms with Crippen LogP contribution in [0.5, 0.6) is 0 Å². The maximum atomic E-state index is 10.2. The number of phosphoric acid groups is 1. The molecule has 0 aromatic heterocycles. The van der Waals surface area contributed by atoms with E-state index < -0.39 is 7.82 Å². The minimum absolute atomic E-state index is 0.125. The molecule has 0 atom stereocenters. The Morgan fingerprint density at radius 3 is 1.50 bits per heavy atom. The summed E-state index contributed by atoms with van der Waals surface area (Å²) in [6.45, 7) is 6.44. The summed E-state index contributed by atoms with van der Waals surface area (Å²) in [4.78, 5) is 14.7. The van der Waals surface area contributed by atoms with Crippen molar-refractivity contribution >= 4 is 7.82 Å². The fourth-order valence-electron chi connectivity index (χ4n) is 0.750. The Labute approximate surface area is 83.6 Å². The summed E-state index contributed by atoms with van der Waals surface area (Å²) in [5, 5.41) is 0. The van der Waals surface area contributed by atoms with Crippen molar-refractivity contribution in [3.8, 4) is 0 Å². The Morgan fingerprint density at radius 2 is 1.50 bits per heavy atom. The van der Waals surface area contributed by atoms with Gasteiger partial charge < -0.3 is 15.5 Å². The highest BCUT2D eigenvalue weighted by Gasteiger charge is 2.15. The Balaban J connectivity index is 0. The van der Waals surface area contributed by atoms with E-state index in [0.717, 1.165) is 19.3 Å². The molecule has 88 valence electrons. The molecule has 0 fully saturated rings. The average molecular weight is 231 g/mol. The lowest BCUT2D eigenvalue weighted by molar-refractivity contribution is -0.0389. The predicted octanol–water partition coefficient (Wildman–Crippen LogP) is 1.89. The van der Waals surface area contributed by atoms with Crippen LogP contribution in [-0.2, 0) is 9.29 Å². The average Bonchev–Trinajstić information content (AvgIpc) is 2.16. The van der Waals surface area contributed by atoms with Gasteiger partial charge in [0.25, 0.3) is 0 Å². The van der Waals surface area contributed by atoms with Crippen molar-refractivity contribution in [3.63, 3.8) is 0 Å². The highest BCUT2D eigenvalue weighted by atomic mass is 31.2. The zero-order chi connectivity index (χ0) is 11.8. The van der Waals surface area contributed by atoms with Crippen molar-refractivity contribution in [3.05, 3.63) is 0 Å². The van der Waals surface area contributed by atoms with E-state index in [2.05, 4.69) is 25.5 Å². The third kappa shape index (κ3) is 10.1. The highest BCUT2D eigenvalue weighted by molar-refractivity contribution is 7.46. The second-order valence-electron chi connectivity index (χ2n) is 2.98. The zero-order valence-corrected chi connectivity index (χ0v) is 9.63. The van der Waals surface area contributed by atoms with Crippen molar-refractivity contribution < 1.29 is 23.6 Å². The summed E-state index contributed by atoms with van der Waals surface area (Å²) >= 11 is 0. The molecule has 0 aliphatic heterocycles. The SMILES string of the molecule is CCC(N)(CC)CC.O=P(O)(O)OF. The first kappa shape index (κ1) is 16.4. The lowest BCUT2D eigenvalue weighted by atomic mass is 9.92. The summed E-state index contributed by atoms with van der Waals surface area (Å²) in [5.74, 6) is 0. The maximum absolute atomic E-state index is 10.2. The van der Waals surface area contributed by atoms with Crippen LogP contribution in [0.2, 0.25) is 0 Å². The molecule has 0 amide bonds. The molecule has 0 saturated carbocycles. The Hall–Kier alpha value is -0.0000000000000000555. The predicted molar refractivity (Wildman–Crippen MR) is 52.0 cm³/mol. The molecule has 0 aromatic rings. The van der Waals surface area contributed by atoms with E-state index in [4.69, 9.17) is 20.1 Å². The normalized spacial score (nSPS) is 11.9. The van der Waals surface area contributed by atoms with E-state index in [-0.39, 0.29) is 5.54 Å². The second-order valence-corrected chi connectivity index (χ2v) is 4.10. The van der Waals surface area contributed by atoms with Crippen molar-refractivity contribution in [1.29, 1.82) is 0 Å². The van der Waals surface area contributed by atoms with Crippen LogP contribution in [0.15, 0.2) is 0 Å². The molecule has 5 nitrogen and oxygen atoms in total. The zero-order valence-electron chi connectivity index (χ0n) is 8.73. The molecule has 0 unspecified atom stereocenters. The van der Waals surface area contributed by atoms with Gasteiger partial charge in [0.2, 0.25) is 0 Å². The molecular formula is C7H19FNO4P. The van der Waals surface area contributed by atoms with E-state index in [0.29, 0.717) is 0 Å². The molecule has 0 heterocycles. The molecule has 0 bridgehead atoms. The summed E-state index contributed by atoms with van der Waals surface area (Å²) in [6.07, 6.45) is 3.29. The first-order chi connectivity index (χ1) is 6.24. The topological polar surface area (TPSA) is 92.8 Å². The van der Waals surface area contributed by atoms with Gasteiger partial charge in [0, 0.05) is 5.54 Å². The maximum Gasteiger partial charge on any atom is 0.500 e. The molecule has 0 saturated heterocycles. The van der Waals surface area contributed by atoms with Gasteiger partial charge in [0.05, 0.1) is 0 Å². The van der Waals surface area contributed by atoms with Crippen LogP contribution in [-0.4, -0.2) is 15.3 Å². The first-order valence-electron chi connectivity index (χ1n) is 4.39. The Morgan fingerprint density at radius 1 is 1.29 bits per heavy atom. The van der Waals surface area contributed by atoms with Gasteiger partial charge >= 0.3 is 7.82 Å². The summed E-state index contributed by atoms with van der Waals surface area (Å²) < 4.78 is 21.4. The van der Waals surface area contributed by atoms with Crippen LogP contribution >= 0.6 is 7.82 Å². The summed E-state index contributed by atoms with van der Waals surface area (Å²) in [6, 6.07) is 0. The molecule has 0 radical (unpaired) electrons. The van der Waals surface area contributed by atoms with E-state index >= 15 is 0 Å². The van der Waals surface area contributed by atoms with E-state index in [9.17, 15) is 4.53 Å². The van der Waals surface area contributed by atoms with Gasteiger partial charge in [-0.3, -0.25) is 0 Å². The van der Waals surface area contributed by atoms with Crippen molar-refractivity contribution in [2.45, 2.75) is 45.6 Å². The monoisotopic (exact) mass is 231 g/mol. The lowest BCUT2D eigenvalue weighted by Gasteiger charge is -2.23. The van der Waals surface area contributed by atoms with Crippen LogP contribution in [0.3, 0.4) is 0 Å². The number of rotatable bonds is 4. The van der Waals surface area contributed by atoms with Crippen LogP contribution < -0.4 is 5.73 Å². The molecular weight excluding hydrogens is 212 g/mol. The number of nitrogens with two attached hydrogens (primary N) is 1. The minimum atomic E-state index is -4.81. The van der Waals surface area contributed by atoms with Gasteiger partial charge in [-0.2, -0.15) is 0 Å². The van der Waals surface area contributed by atoms with Crippen LogP contribution in [0.4, 0.5) is 4.53 Å². The second kappa shape index (κ2) is 7.31. The van der Waals surface area contributed by atoms with E-state index in [1.807, 2.05) is 0 Å². The molecule has 0 aliphatic rings. The number of halogens is 1. The number of hydrogen-bond acceptors (Lipinski definition) is 3. The summed E-state index contributed by atoms with van der Waals surface area (Å²) in [5.41, 5.74) is 6.02. The van der Waals surface area contributed by atoms with Gasteiger partial charge in [-0.05, 0) is 23.8 Å². The molecule has 4 N–H and O–H groups in total. The minimum Gasteiger partial charge on any atom is -0.325 e. The summed E-state index contributed by atoms with van der Waals surface area (Å²) in [7, 11) is -4.81.